The molecular formula is C16H12O4. The Morgan fingerprint density at radius 3 is 2.65 bits per heavy atom. The van der Waals surface area contributed by atoms with Gasteiger partial charge in [-0.15, -0.1) is 0 Å². The van der Waals surface area contributed by atoms with E-state index in [-0.39, 0.29) is 16.8 Å². The number of furan rings is 1. The number of fused-ring (bicyclic) bond motifs is 1. The van der Waals surface area contributed by atoms with Gasteiger partial charge >= 0.3 is 0 Å². The van der Waals surface area contributed by atoms with Crippen LogP contribution >= 0.6 is 0 Å². The lowest BCUT2D eigenvalue weighted by molar-refractivity contribution is 0.101. The van der Waals surface area contributed by atoms with Crippen molar-refractivity contribution in [3.8, 4) is 0 Å². The lowest BCUT2D eigenvalue weighted by Gasteiger charge is -2.05. The summed E-state index contributed by atoms with van der Waals surface area (Å²) >= 11 is 0. The predicted molar refractivity (Wildman–Crippen MR) is 74.1 cm³/mol. The highest BCUT2D eigenvalue weighted by molar-refractivity contribution is 6.08. The Kier molecular flexibility index (Phi) is 2.79. The molecule has 4 heteroatoms. The van der Waals surface area contributed by atoms with Crippen molar-refractivity contribution in [3.63, 3.8) is 0 Å². The number of rotatable bonds is 2. The van der Waals surface area contributed by atoms with Gasteiger partial charge in [-0.1, -0.05) is 11.6 Å². The molecule has 2 aromatic heterocycles. The summed E-state index contributed by atoms with van der Waals surface area (Å²) in [6, 6.07) is 8.45. The average molecular weight is 268 g/mol. The van der Waals surface area contributed by atoms with Crippen LogP contribution in [0.2, 0.25) is 0 Å². The van der Waals surface area contributed by atoms with Crippen LogP contribution in [0.15, 0.2) is 50.2 Å². The molecule has 0 bridgehead atoms. The van der Waals surface area contributed by atoms with Crippen molar-refractivity contribution < 1.29 is 13.6 Å². The SMILES string of the molecule is Cc1ccc2oc(C)c(C(=O)c3ccco3)c(=O)c2c1. The van der Waals surface area contributed by atoms with Gasteiger partial charge in [0, 0.05) is 0 Å². The zero-order chi connectivity index (χ0) is 14.3. The molecule has 0 aliphatic rings. The lowest BCUT2D eigenvalue weighted by Crippen LogP contribution is -2.17. The summed E-state index contributed by atoms with van der Waals surface area (Å²) in [4.78, 5) is 24.8. The van der Waals surface area contributed by atoms with Crippen LogP contribution in [0.5, 0.6) is 0 Å². The van der Waals surface area contributed by atoms with Crippen molar-refractivity contribution in [1.29, 1.82) is 0 Å². The molecule has 0 radical (unpaired) electrons. The summed E-state index contributed by atoms with van der Waals surface area (Å²) in [5.74, 6) is -0.0233. The third-order valence-electron chi connectivity index (χ3n) is 3.19. The number of hydrogen-bond donors (Lipinski definition) is 0. The first-order valence-corrected chi connectivity index (χ1v) is 6.20. The Morgan fingerprint density at radius 2 is 1.95 bits per heavy atom. The molecule has 100 valence electrons. The summed E-state index contributed by atoms with van der Waals surface area (Å²) in [5, 5.41) is 0.408. The zero-order valence-corrected chi connectivity index (χ0v) is 11.1. The molecule has 0 aliphatic heterocycles. The van der Waals surface area contributed by atoms with E-state index in [4.69, 9.17) is 8.83 Å². The monoisotopic (exact) mass is 268 g/mol. The molecule has 0 N–H and O–H groups in total. The van der Waals surface area contributed by atoms with E-state index in [0.717, 1.165) is 5.56 Å². The van der Waals surface area contributed by atoms with Gasteiger partial charge in [-0.25, -0.2) is 0 Å². The van der Waals surface area contributed by atoms with Gasteiger partial charge in [0.1, 0.15) is 16.9 Å². The van der Waals surface area contributed by atoms with E-state index < -0.39 is 5.78 Å². The standard InChI is InChI=1S/C16H12O4/c1-9-5-6-12-11(8-9)15(17)14(10(2)20-12)16(18)13-4-3-7-19-13/h3-8H,1-2H3. The van der Waals surface area contributed by atoms with Crippen molar-refractivity contribution in [3.05, 3.63) is 69.5 Å². The Morgan fingerprint density at radius 1 is 1.15 bits per heavy atom. The first-order chi connectivity index (χ1) is 9.58. The van der Waals surface area contributed by atoms with Crippen molar-refractivity contribution in [2.75, 3.05) is 0 Å². The molecule has 2 heterocycles. The molecular weight excluding hydrogens is 256 g/mol. The van der Waals surface area contributed by atoms with Gasteiger partial charge in [0.05, 0.1) is 11.6 Å². The Bertz CT molecular complexity index is 854. The van der Waals surface area contributed by atoms with Gasteiger partial charge in [-0.3, -0.25) is 9.59 Å². The second kappa shape index (κ2) is 4.49. The van der Waals surface area contributed by atoms with Crippen molar-refractivity contribution in [2.24, 2.45) is 0 Å². The van der Waals surface area contributed by atoms with Crippen LogP contribution < -0.4 is 5.43 Å². The number of carbonyl (C=O) groups excluding carboxylic acids is 1. The van der Waals surface area contributed by atoms with Gasteiger partial charge < -0.3 is 8.83 Å². The summed E-state index contributed by atoms with van der Waals surface area (Å²) < 4.78 is 10.7. The summed E-state index contributed by atoms with van der Waals surface area (Å²) in [7, 11) is 0. The highest BCUT2D eigenvalue weighted by Crippen LogP contribution is 2.19. The molecule has 0 saturated carbocycles. The largest absolute Gasteiger partial charge is 0.461 e. The fourth-order valence-corrected chi connectivity index (χ4v) is 2.21. The smallest absolute Gasteiger partial charge is 0.235 e. The maximum absolute atomic E-state index is 12.5. The van der Waals surface area contributed by atoms with Crippen molar-refractivity contribution >= 4 is 16.8 Å². The maximum atomic E-state index is 12.5. The Labute approximate surface area is 114 Å². The highest BCUT2D eigenvalue weighted by Gasteiger charge is 2.21. The molecule has 0 fully saturated rings. The number of aryl methyl sites for hydroxylation is 2. The van der Waals surface area contributed by atoms with Gasteiger partial charge in [0.2, 0.25) is 11.2 Å². The lowest BCUT2D eigenvalue weighted by atomic mass is 10.0. The van der Waals surface area contributed by atoms with Crippen LogP contribution in [0.25, 0.3) is 11.0 Å². The highest BCUT2D eigenvalue weighted by atomic mass is 16.3. The molecule has 3 aromatic rings. The molecule has 0 amide bonds. The van der Waals surface area contributed by atoms with Crippen LogP contribution in [0.4, 0.5) is 0 Å². The first-order valence-electron chi connectivity index (χ1n) is 6.20. The van der Waals surface area contributed by atoms with E-state index in [9.17, 15) is 9.59 Å². The van der Waals surface area contributed by atoms with Crippen LogP contribution in [0.3, 0.4) is 0 Å². The number of benzene rings is 1. The second-order valence-corrected chi connectivity index (χ2v) is 4.67. The molecule has 20 heavy (non-hydrogen) atoms. The van der Waals surface area contributed by atoms with Gasteiger partial charge in [0.15, 0.2) is 5.76 Å². The van der Waals surface area contributed by atoms with Crippen LogP contribution in [-0.2, 0) is 0 Å². The third-order valence-corrected chi connectivity index (χ3v) is 3.19. The van der Waals surface area contributed by atoms with E-state index in [2.05, 4.69) is 0 Å². The van der Waals surface area contributed by atoms with Gasteiger partial charge in [-0.05, 0) is 38.1 Å². The minimum atomic E-state index is -0.454. The average Bonchev–Trinajstić information content (AvgIpc) is 2.93. The van der Waals surface area contributed by atoms with E-state index in [1.54, 1.807) is 25.1 Å². The molecule has 4 nitrogen and oxygen atoms in total. The molecule has 0 unspecified atom stereocenters. The molecule has 0 aliphatic carbocycles. The van der Waals surface area contributed by atoms with E-state index in [0.29, 0.717) is 16.7 Å². The first kappa shape index (κ1) is 12.4. The Hall–Kier alpha value is -2.62. The maximum Gasteiger partial charge on any atom is 0.235 e. The van der Waals surface area contributed by atoms with Gasteiger partial charge in [0.25, 0.3) is 0 Å². The normalized spacial score (nSPS) is 10.9. The summed E-state index contributed by atoms with van der Waals surface area (Å²) in [6.07, 6.45) is 1.40. The minimum Gasteiger partial charge on any atom is -0.461 e. The van der Waals surface area contributed by atoms with Crippen LogP contribution in [-0.4, -0.2) is 5.78 Å². The quantitative estimate of drug-likeness (QED) is 0.669. The fourth-order valence-electron chi connectivity index (χ4n) is 2.21. The molecule has 3 rings (SSSR count). The molecule has 0 atom stereocenters. The fraction of sp³-hybridized carbons (Fsp3) is 0.125. The summed E-state index contributed by atoms with van der Waals surface area (Å²) in [5.41, 5.74) is 1.12. The van der Waals surface area contributed by atoms with E-state index in [1.165, 1.54) is 12.3 Å². The van der Waals surface area contributed by atoms with Crippen LogP contribution in [0, 0.1) is 13.8 Å². The Balaban J connectivity index is 2.31. The van der Waals surface area contributed by atoms with Crippen molar-refractivity contribution in [2.45, 2.75) is 13.8 Å². The minimum absolute atomic E-state index is 0.0260. The van der Waals surface area contributed by atoms with E-state index >= 15 is 0 Å². The van der Waals surface area contributed by atoms with E-state index in [1.807, 2.05) is 13.0 Å². The van der Waals surface area contributed by atoms with Crippen LogP contribution in [0.1, 0.15) is 27.4 Å². The third kappa shape index (κ3) is 1.86. The second-order valence-electron chi connectivity index (χ2n) is 4.67. The number of carbonyl (C=O) groups is 1. The van der Waals surface area contributed by atoms with Gasteiger partial charge in [-0.2, -0.15) is 0 Å². The topological polar surface area (TPSA) is 60.4 Å². The number of ketones is 1. The zero-order valence-electron chi connectivity index (χ0n) is 11.1. The molecule has 0 saturated heterocycles. The molecule has 0 spiro atoms. The summed E-state index contributed by atoms with van der Waals surface area (Å²) in [6.45, 7) is 3.49. The molecule has 1 aromatic carbocycles. The van der Waals surface area contributed by atoms with Crippen molar-refractivity contribution in [1.82, 2.24) is 0 Å². The number of hydrogen-bond acceptors (Lipinski definition) is 4. The predicted octanol–water partition coefficient (Wildman–Crippen LogP) is 3.23.